The van der Waals surface area contributed by atoms with E-state index in [0.717, 1.165) is 24.1 Å². The molecule has 0 amide bonds. The summed E-state index contributed by atoms with van der Waals surface area (Å²) < 4.78 is 5.25. The molecular weight excluding hydrogens is 312 g/mol. The minimum atomic E-state index is -0.253. The molecule has 0 saturated carbocycles. The zero-order chi connectivity index (χ0) is 15.6. The van der Waals surface area contributed by atoms with Gasteiger partial charge in [0.15, 0.2) is 23.0 Å². The van der Waals surface area contributed by atoms with Crippen LogP contribution in [0, 0.1) is 13.8 Å². The van der Waals surface area contributed by atoms with Crippen LogP contribution in [0.5, 0.6) is 23.0 Å². The Bertz CT molecular complexity index is 615. The van der Waals surface area contributed by atoms with Gasteiger partial charge in [0.05, 0.1) is 9.79 Å². The summed E-state index contributed by atoms with van der Waals surface area (Å²) in [6.45, 7) is 3.35. The van der Waals surface area contributed by atoms with Crippen molar-refractivity contribution >= 4 is 24.1 Å². The second kappa shape index (κ2) is 6.38. The van der Waals surface area contributed by atoms with Gasteiger partial charge >= 0.3 is 0 Å². The number of phenolic OH excluding ortho intramolecular Hbond substituents is 4. The highest BCUT2D eigenvalue weighted by atomic mass is 32.2. The molecule has 2 rings (SSSR count). The predicted octanol–water partition coefficient (Wildman–Crippen LogP) is 3.86. The largest absolute Gasteiger partial charge is 0.504 e. The second-order valence-electron chi connectivity index (χ2n) is 4.39. The Kier molecular flexibility index (Phi) is 4.76. The van der Waals surface area contributed by atoms with Crippen LogP contribution in [0.4, 0.5) is 0 Å². The van der Waals surface area contributed by atoms with Crippen molar-refractivity contribution in [1.82, 2.24) is 0 Å². The lowest BCUT2D eigenvalue weighted by molar-refractivity contribution is 0.391. The maximum absolute atomic E-state index is 9.76. The van der Waals surface area contributed by atoms with Crippen molar-refractivity contribution in [3.63, 3.8) is 0 Å². The molecule has 0 atom stereocenters. The van der Waals surface area contributed by atoms with Crippen LogP contribution in [0.2, 0.25) is 0 Å². The minimum Gasteiger partial charge on any atom is -0.504 e. The molecule has 2 aromatic rings. The van der Waals surface area contributed by atoms with Gasteiger partial charge < -0.3 is 20.4 Å². The normalized spacial score (nSPS) is 10.8. The number of rotatable bonds is 4. The molecule has 0 heterocycles. The quantitative estimate of drug-likeness (QED) is 0.501. The molecule has 0 aliphatic rings. The van der Waals surface area contributed by atoms with Gasteiger partial charge in [0.1, 0.15) is 0 Å². The molecule has 0 unspecified atom stereocenters. The molecule has 0 aliphatic carbocycles. The summed E-state index contributed by atoms with van der Waals surface area (Å²) in [7, 11) is 0. The van der Waals surface area contributed by atoms with Crippen molar-refractivity contribution in [3.05, 3.63) is 35.4 Å². The Balaban J connectivity index is 2.06. The Morgan fingerprint density at radius 2 is 1.05 bits per heavy atom. The smallest absolute Gasteiger partial charge is 0.174 e. The second-order valence-corrected chi connectivity index (χ2v) is 6.15. The topological polar surface area (TPSA) is 90.2 Å². The molecule has 0 bridgehead atoms. The van der Waals surface area contributed by atoms with Crippen LogP contribution in [-0.4, -0.2) is 20.4 Å². The van der Waals surface area contributed by atoms with Crippen LogP contribution >= 0.6 is 24.1 Å². The van der Waals surface area contributed by atoms with E-state index in [0.29, 0.717) is 20.9 Å². The van der Waals surface area contributed by atoms with E-state index < -0.39 is 0 Å². The fourth-order valence-corrected chi connectivity index (χ4v) is 2.87. The Morgan fingerprint density at radius 1 is 0.667 bits per heavy atom. The maximum Gasteiger partial charge on any atom is 0.174 e. The monoisotopic (exact) mass is 326 g/mol. The van der Waals surface area contributed by atoms with Crippen molar-refractivity contribution in [2.45, 2.75) is 23.6 Å². The first-order valence-electron chi connectivity index (χ1n) is 5.96. The zero-order valence-electron chi connectivity index (χ0n) is 11.3. The summed E-state index contributed by atoms with van der Waals surface area (Å²) in [5.41, 5.74) is 1.12. The Hall–Kier alpha value is -1.70. The summed E-state index contributed by atoms with van der Waals surface area (Å²) in [5, 5.41) is 38.8. The summed E-state index contributed by atoms with van der Waals surface area (Å²) in [6, 6.07) is 6.53. The fraction of sp³-hybridized carbons (Fsp3) is 0.143. The summed E-state index contributed by atoms with van der Waals surface area (Å²) in [6.07, 6.45) is 0. The molecule has 5 nitrogen and oxygen atoms in total. The van der Waals surface area contributed by atoms with Crippen LogP contribution in [0.3, 0.4) is 0 Å². The third-order valence-electron chi connectivity index (χ3n) is 2.88. The highest BCUT2D eigenvalue weighted by Crippen LogP contribution is 2.44. The minimum absolute atomic E-state index is 0.190. The van der Waals surface area contributed by atoms with Gasteiger partial charge in [0, 0.05) is 24.1 Å². The molecule has 0 spiro atoms. The number of aryl methyl sites for hydroxylation is 2. The lowest BCUT2D eigenvalue weighted by atomic mass is 10.2. The average Bonchev–Trinajstić information content (AvgIpc) is 2.47. The molecule has 4 N–H and O–H groups in total. The SMILES string of the molecule is Cc1ccc(SOSc2ccc(C)c(O)c2O)c(O)c1O. The van der Waals surface area contributed by atoms with Crippen molar-refractivity contribution in [3.8, 4) is 23.0 Å². The molecule has 0 fully saturated rings. The molecular formula is C14H14O5S2. The van der Waals surface area contributed by atoms with E-state index >= 15 is 0 Å². The van der Waals surface area contributed by atoms with E-state index in [1.807, 2.05) is 0 Å². The number of hydrogen-bond donors (Lipinski definition) is 4. The number of benzene rings is 2. The van der Waals surface area contributed by atoms with Crippen molar-refractivity contribution in [1.29, 1.82) is 0 Å². The van der Waals surface area contributed by atoms with Gasteiger partial charge in [0.2, 0.25) is 0 Å². The summed E-state index contributed by atoms with van der Waals surface area (Å²) in [4.78, 5) is 0.697. The predicted molar refractivity (Wildman–Crippen MR) is 81.8 cm³/mol. The van der Waals surface area contributed by atoms with Gasteiger partial charge in [-0.3, -0.25) is 0 Å². The first-order valence-corrected chi connectivity index (χ1v) is 7.44. The highest BCUT2D eigenvalue weighted by Gasteiger charge is 2.13. The van der Waals surface area contributed by atoms with E-state index in [-0.39, 0.29) is 23.0 Å². The fourth-order valence-electron chi connectivity index (χ4n) is 1.55. The summed E-state index contributed by atoms with van der Waals surface area (Å²) >= 11 is 1.69. The van der Waals surface area contributed by atoms with E-state index in [9.17, 15) is 20.4 Å². The van der Waals surface area contributed by atoms with Crippen LogP contribution in [0.15, 0.2) is 34.1 Å². The standard InChI is InChI=1S/C14H14O5S2/c1-7-3-5-9(13(17)11(7)15)20-19-21-10-6-4-8(2)12(16)14(10)18/h3-6,15-18H,1-2H3. The van der Waals surface area contributed by atoms with Gasteiger partial charge in [-0.05, 0) is 37.1 Å². The van der Waals surface area contributed by atoms with Crippen molar-refractivity contribution in [2.75, 3.05) is 0 Å². The van der Waals surface area contributed by atoms with Crippen molar-refractivity contribution < 1.29 is 24.1 Å². The molecule has 0 aliphatic heterocycles. The lowest BCUT2D eigenvalue weighted by Gasteiger charge is -2.09. The van der Waals surface area contributed by atoms with Gasteiger partial charge in [-0.25, -0.2) is 3.63 Å². The Labute approximate surface area is 130 Å². The van der Waals surface area contributed by atoms with Crippen LogP contribution in [-0.2, 0) is 3.63 Å². The van der Waals surface area contributed by atoms with Gasteiger partial charge in [0.25, 0.3) is 0 Å². The molecule has 0 aromatic heterocycles. The lowest BCUT2D eigenvalue weighted by Crippen LogP contribution is -1.81. The van der Waals surface area contributed by atoms with Crippen LogP contribution in [0.1, 0.15) is 11.1 Å². The highest BCUT2D eigenvalue weighted by molar-refractivity contribution is 8.08. The zero-order valence-corrected chi connectivity index (χ0v) is 13.0. The molecule has 7 heteroatoms. The molecule has 0 saturated heterocycles. The molecule has 0 radical (unpaired) electrons. The van der Waals surface area contributed by atoms with Crippen molar-refractivity contribution in [2.24, 2.45) is 0 Å². The van der Waals surface area contributed by atoms with Crippen LogP contribution in [0.25, 0.3) is 0 Å². The maximum atomic E-state index is 9.76. The molecule has 112 valence electrons. The van der Waals surface area contributed by atoms with Gasteiger partial charge in [-0.2, -0.15) is 0 Å². The van der Waals surface area contributed by atoms with Crippen LogP contribution < -0.4 is 0 Å². The molecule has 21 heavy (non-hydrogen) atoms. The van der Waals surface area contributed by atoms with E-state index in [1.165, 1.54) is 0 Å². The first kappa shape index (κ1) is 15.7. The van der Waals surface area contributed by atoms with Gasteiger partial charge in [-0.15, -0.1) is 0 Å². The molecule has 2 aromatic carbocycles. The first-order chi connectivity index (χ1) is 9.91. The average molecular weight is 326 g/mol. The number of hydrogen-bond acceptors (Lipinski definition) is 7. The Morgan fingerprint density at radius 3 is 1.43 bits per heavy atom. The van der Waals surface area contributed by atoms with E-state index in [2.05, 4.69) is 0 Å². The van der Waals surface area contributed by atoms with Gasteiger partial charge in [-0.1, -0.05) is 12.1 Å². The number of phenols is 4. The van der Waals surface area contributed by atoms with E-state index in [1.54, 1.807) is 38.1 Å². The number of aromatic hydroxyl groups is 4. The third kappa shape index (κ3) is 3.31. The third-order valence-corrected chi connectivity index (χ3v) is 4.44. The summed E-state index contributed by atoms with van der Waals surface area (Å²) in [5.74, 6) is -0.887. The van der Waals surface area contributed by atoms with E-state index in [4.69, 9.17) is 3.63 Å².